The Morgan fingerprint density at radius 1 is 1.11 bits per heavy atom. The second-order valence-corrected chi connectivity index (χ2v) is 9.89. The Balaban J connectivity index is 1.50. The van der Waals surface area contributed by atoms with E-state index in [1.165, 1.54) is 32.4 Å². The normalized spacial score (nSPS) is 19.2. The van der Waals surface area contributed by atoms with Gasteiger partial charge >= 0.3 is 11.9 Å². The molecule has 1 aromatic carbocycles. The summed E-state index contributed by atoms with van der Waals surface area (Å²) in [6.45, 7) is 4.60. The summed E-state index contributed by atoms with van der Waals surface area (Å²) in [6, 6.07) is 5.18. The molecule has 3 aliphatic heterocycles. The molecular formula is C25H22F4N6O3. The molecule has 3 saturated heterocycles. The monoisotopic (exact) mass is 530 g/mol. The summed E-state index contributed by atoms with van der Waals surface area (Å²) in [6.07, 6.45) is -2.46. The number of rotatable bonds is 4. The molecule has 5 heterocycles. The largest absolute Gasteiger partial charge is 0.416 e. The van der Waals surface area contributed by atoms with Gasteiger partial charge in [-0.15, -0.1) is 0 Å². The van der Waals surface area contributed by atoms with E-state index in [1.54, 1.807) is 11.0 Å². The number of benzene rings is 1. The maximum absolute atomic E-state index is 13.8. The summed E-state index contributed by atoms with van der Waals surface area (Å²) in [7, 11) is 0. The third kappa shape index (κ3) is 3.48. The van der Waals surface area contributed by atoms with E-state index in [-0.39, 0.29) is 30.3 Å². The fourth-order valence-corrected chi connectivity index (χ4v) is 5.47. The minimum atomic E-state index is -4.55. The molecule has 0 unspecified atom stereocenters. The molecule has 38 heavy (non-hydrogen) atoms. The molecule has 3 aromatic rings. The van der Waals surface area contributed by atoms with Gasteiger partial charge in [-0.3, -0.25) is 14.2 Å². The van der Waals surface area contributed by atoms with Crippen LogP contribution in [0.4, 0.5) is 23.2 Å². The Morgan fingerprint density at radius 2 is 1.79 bits per heavy atom. The first kappa shape index (κ1) is 24.3. The molecule has 1 N–H and O–H groups in total. The predicted octanol–water partition coefficient (Wildman–Crippen LogP) is 2.40. The summed E-state index contributed by atoms with van der Waals surface area (Å²) in [5, 5.41) is 3.13. The number of nitrogens with zero attached hydrogens (tertiary/aromatic N) is 5. The van der Waals surface area contributed by atoms with E-state index in [0.29, 0.717) is 37.3 Å². The molecule has 1 spiro atoms. The van der Waals surface area contributed by atoms with Crippen molar-refractivity contribution in [2.45, 2.75) is 18.6 Å². The number of fused-ring (bicyclic) bond motifs is 1. The van der Waals surface area contributed by atoms with Gasteiger partial charge in [0.1, 0.15) is 5.52 Å². The van der Waals surface area contributed by atoms with Crippen molar-refractivity contribution in [3.63, 3.8) is 0 Å². The molecule has 0 saturated carbocycles. The summed E-state index contributed by atoms with van der Waals surface area (Å²) in [4.78, 5) is 46.4. The maximum atomic E-state index is 13.8. The van der Waals surface area contributed by atoms with Crippen LogP contribution in [0.1, 0.15) is 18.0 Å². The number of pyridine rings is 1. The van der Waals surface area contributed by atoms with Crippen LogP contribution in [0.25, 0.3) is 16.9 Å². The lowest BCUT2D eigenvalue weighted by Crippen LogP contribution is -2.57. The van der Waals surface area contributed by atoms with Gasteiger partial charge in [0.15, 0.2) is 11.5 Å². The maximum Gasteiger partial charge on any atom is 0.416 e. The molecule has 3 aliphatic rings. The zero-order valence-corrected chi connectivity index (χ0v) is 20.0. The Hall–Kier alpha value is -4.00. The number of carbonyl (C=O) groups excluding carboxylic acids is 2. The summed E-state index contributed by atoms with van der Waals surface area (Å²) >= 11 is 0. The molecule has 9 nitrogen and oxygen atoms in total. The Bertz CT molecular complexity index is 1550. The number of hydrogen-bond donors (Lipinski definition) is 1. The first-order valence-electron chi connectivity index (χ1n) is 12.0. The summed E-state index contributed by atoms with van der Waals surface area (Å²) in [5.41, 5.74) is -0.869. The second-order valence-electron chi connectivity index (χ2n) is 9.89. The number of nitrogens with one attached hydrogen (secondary N) is 1. The highest BCUT2D eigenvalue weighted by molar-refractivity contribution is 6.06. The van der Waals surface area contributed by atoms with Gasteiger partial charge in [-0.05, 0) is 36.8 Å². The predicted molar refractivity (Wildman–Crippen MR) is 128 cm³/mol. The van der Waals surface area contributed by atoms with E-state index in [0.717, 1.165) is 12.1 Å². The molecule has 2 amide bonds. The van der Waals surface area contributed by atoms with E-state index in [9.17, 15) is 31.9 Å². The average Bonchev–Trinajstić information content (AvgIpc) is 3.32. The third-order valence-corrected chi connectivity index (χ3v) is 7.66. The van der Waals surface area contributed by atoms with Crippen LogP contribution in [-0.4, -0.2) is 63.6 Å². The van der Waals surface area contributed by atoms with Crippen molar-refractivity contribution in [2.75, 3.05) is 37.6 Å². The van der Waals surface area contributed by atoms with E-state index >= 15 is 0 Å². The Kier molecular flexibility index (Phi) is 5.29. The molecule has 3 fully saturated rings. The lowest BCUT2D eigenvalue weighted by Gasteiger charge is -2.39. The SMILES string of the molecule is C=C(F)C(=O)N1CC(n2c(=O)n(-c3ccc(C(F)(F)F)cc3)c3nccc(N4CCC5(CNC5)C4=O)c32)C1. The number of imidazole rings is 1. The van der Waals surface area contributed by atoms with Gasteiger partial charge in [0.2, 0.25) is 5.91 Å². The van der Waals surface area contributed by atoms with Crippen LogP contribution in [-0.2, 0) is 15.8 Å². The first-order chi connectivity index (χ1) is 18.0. The molecule has 6 rings (SSSR count). The zero-order chi connectivity index (χ0) is 27.0. The number of halogens is 4. The van der Waals surface area contributed by atoms with E-state index < -0.39 is 40.6 Å². The van der Waals surface area contributed by atoms with Crippen LogP contribution >= 0.6 is 0 Å². The van der Waals surface area contributed by atoms with Crippen molar-refractivity contribution in [1.82, 2.24) is 24.3 Å². The fraction of sp³-hybridized carbons (Fsp3) is 0.360. The number of amides is 2. The molecule has 13 heteroatoms. The minimum Gasteiger partial charge on any atom is -0.332 e. The molecule has 0 radical (unpaired) electrons. The van der Waals surface area contributed by atoms with E-state index in [2.05, 4.69) is 16.9 Å². The van der Waals surface area contributed by atoms with Crippen LogP contribution in [0, 0.1) is 5.41 Å². The van der Waals surface area contributed by atoms with Crippen LogP contribution in [0.3, 0.4) is 0 Å². The highest BCUT2D eigenvalue weighted by Gasteiger charge is 2.52. The highest BCUT2D eigenvalue weighted by Crippen LogP contribution is 2.41. The van der Waals surface area contributed by atoms with Gasteiger partial charge in [0.25, 0.3) is 5.91 Å². The molecule has 0 atom stereocenters. The van der Waals surface area contributed by atoms with Crippen molar-refractivity contribution in [3.8, 4) is 5.69 Å². The first-order valence-corrected chi connectivity index (χ1v) is 12.0. The quantitative estimate of drug-likeness (QED) is 0.413. The smallest absolute Gasteiger partial charge is 0.332 e. The Labute approximate surface area is 212 Å². The lowest BCUT2D eigenvalue weighted by molar-refractivity contribution is -0.137. The molecule has 0 aliphatic carbocycles. The topological polar surface area (TPSA) is 92.5 Å². The van der Waals surface area contributed by atoms with Crippen molar-refractivity contribution in [2.24, 2.45) is 5.41 Å². The zero-order valence-electron chi connectivity index (χ0n) is 20.0. The average molecular weight is 530 g/mol. The molecule has 0 bridgehead atoms. The van der Waals surface area contributed by atoms with Crippen molar-refractivity contribution in [1.29, 1.82) is 0 Å². The van der Waals surface area contributed by atoms with Gasteiger partial charge in [-0.25, -0.2) is 18.7 Å². The van der Waals surface area contributed by atoms with Gasteiger partial charge in [-0.2, -0.15) is 13.2 Å². The number of alkyl halides is 3. The molecule has 198 valence electrons. The fourth-order valence-electron chi connectivity index (χ4n) is 5.47. The second kappa shape index (κ2) is 8.25. The number of aromatic nitrogens is 3. The number of likely N-dealkylation sites (tertiary alicyclic amines) is 1. The molecular weight excluding hydrogens is 508 g/mol. The van der Waals surface area contributed by atoms with Gasteiger partial charge in [0.05, 0.1) is 28.4 Å². The van der Waals surface area contributed by atoms with Crippen LogP contribution in [0.5, 0.6) is 0 Å². The number of hydrogen-bond acceptors (Lipinski definition) is 5. The standard InChI is InChI=1S/C25H22F4N6O3/c1-14(26)21(36)32-10-17(11-32)34-19-18(33-9-7-24(22(33)37)12-30-13-24)6-8-31-20(19)35(23(34)38)16-4-2-15(3-5-16)25(27,28)29/h2-6,8,17,30H,1,7,9-13H2. The van der Waals surface area contributed by atoms with Crippen LogP contribution in [0.2, 0.25) is 0 Å². The highest BCUT2D eigenvalue weighted by atomic mass is 19.4. The van der Waals surface area contributed by atoms with Crippen molar-refractivity contribution in [3.05, 3.63) is 65.0 Å². The summed E-state index contributed by atoms with van der Waals surface area (Å²) < 4.78 is 55.4. The van der Waals surface area contributed by atoms with E-state index in [1.807, 2.05) is 0 Å². The van der Waals surface area contributed by atoms with Crippen molar-refractivity contribution >= 4 is 28.7 Å². The van der Waals surface area contributed by atoms with E-state index in [4.69, 9.17) is 0 Å². The van der Waals surface area contributed by atoms with Crippen LogP contribution < -0.4 is 15.9 Å². The number of anilines is 1. The molecule has 2 aromatic heterocycles. The van der Waals surface area contributed by atoms with Gasteiger partial charge < -0.3 is 15.1 Å². The van der Waals surface area contributed by atoms with Crippen molar-refractivity contribution < 1.29 is 27.2 Å². The van der Waals surface area contributed by atoms with Gasteiger partial charge in [-0.1, -0.05) is 6.58 Å². The van der Waals surface area contributed by atoms with Gasteiger partial charge in [0, 0.05) is 38.9 Å². The van der Waals surface area contributed by atoms with Crippen LogP contribution in [0.15, 0.2) is 53.7 Å². The third-order valence-electron chi connectivity index (χ3n) is 7.66. The number of carbonyl (C=O) groups is 2. The Morgan fingerprint density at radius 3 is 2.34 bits per heavy atom. The summed E-state index contributed by atoms with van der Waals surface area (Å²) in [5.74, 6) is -2.08. The lowest BCUT2D eigenvalue weighted by atomic mass is 9.80. The minimum absolute atomic E-state index is 0.0178.